The molecule has 1 saturated carbocycles. The van der Waals surface area contributed by atoms with Gasteiger partial charge in [0.05, 0.1) is 0 Å². The van der Waals surface area contributed by atoms with Crippen molar-refractivity contribution in [2.24, 2.45) is 5.92 Å². The average Bonchev–Trinajstić information content (AvgIpc) is 2.94. The summed E-state index contributed by atoms with van der Waals surface area (Å²) in [7, 11) is 0. The molecule has 0 radical (unpaired) electrons. The zero-order valence-electron chi connectivity index (χ0n) is 12.9. The van der Waals surface area contributed by atoms with E-state index in [9.17, 15) is 4.79 Å². The Morgan fingerprint density at radius 2 is 2.04 bits per heavy atom. The molecular weight excluding hydrogens is 314 g/mol. The molecule has 1 aliphatic heterocycles. The van der Waals surface area contributed by atoms with E-state index in [2.05, 4.69) is 15.2 Å². The van der Waals surface area contributed by atoms with Crippen molar-refractivity contribution in [1.29, 1.82) is 0 Å². The summed E-state index contributed by atoms with van der Waals surface area (Å²) in [6.45, 7) is 1.59. The molecule has 4 rings (SSSR count). The quantitative estimate of drug-likeness (QED) is 0.935. The summed E-state index contributed by atoms with van der Waals surface area (Å²) in [6, 6.07) is 6.49. The summed E-state index contributed by atoms with van der Waals surface area (Å²) in [5.41, 5.74) is 1.52. The number of amides is 1. The van der Waals surface area contributed by atoms with Gasteiger partial charge >= 0.3 is 0 Å². The van der Waals surface area contributed by atoms with Crippen molar-refractivity contribution in [3.8, 4) is 0 Å². The minimum absolute atomic E-state index is 0.116. The number of fused-ring (bicyclic) bond motifs is 1. The standard InChI is InChI=1S/C17H20ClN3O2/c18-12-4-5-15-14(10-12)20-17(23-15)21-8-6-11(7-9-21)16(22)19-13-2-1-3-13/h4-5,10-11,13H,1-3,6-9H2,(H,19,22). The van der Waals surface area contributed by atoms with Crippen molar-refractivity contribution in [3.05, 3.63) is 23.2 Å². The summed E-state index contributed by atoms with van der Waals surface area (Å²) in [5, 5.41) is 3.81. The molecule has 2 aromatic rings. The molecule has 1 amide bonds. The first-order valence-electron chi connectivity index (χ1n) is 8.30. The third-order valence-electron chi connectivity index (χ3n) is 4.93. The van der Waals surface area contributed by atoms with E-state index in [0.29, 0.717) is 17.1 Å². The Morgan fingerprint density at radius 3 is 2.74 bits per heavy atom. The van der Waals surface area contributed by atoms with Crippen LogP contribution in [0.25, 0.3) is 11.1 Å². The number of hydrogen-bond donors (Lipinski definition) is 1. The van der Waals surface area contributed by atoms with Crippen LogP contribution in [0.5, 0.6) is 0 Å². The van der Waals surface area contributed by atoms with Gasteiger partial charge in [0.15, 0.2) is 5.58 Å². The molecule has 6 heteroatoms. The van der Waals surface area contributed by atoms with E-state index in [0.717, 1.165) is 49.9 Å². The first-order chi connectivity index (χ1) is 11.2. The third-order valence-corrected chi connectivity index (χ3v) is 5.16. The summed E-state index contributed by atoms with van der Waals surface area (Å²) < 4.78 is 5.80. The van der Waals surface area contributed by atoms with Crippen LogP contribution in [-0.4, -0.2) is 30.0 Å². The van der Waals surface area contributed by atoms with E-state index in [1.165, 1.54) is 6.42 Å². The highest BCUT2D eigenvalue weighted by Crippen LogP contribution is 2.28. The number of carbonyl (C=O) groups excluding carboxylic acids is 1. The molecule has 122 valence electrons. The number of rotatable bonds is 3. The number of anilines is 1. The van der Waals surface area contributed by atoms with Crippen molar-refractivity contribution < 1.29 is 9.21 Å². The Bertz CT molecular complexity index is 718. The lowest BCUT2D eigenvalue weighted by atomic mass is 9.90. The second-order valence-electron chi connectivity index (χ2n) is 6.51. The number of hydrogen-bond acceptors (Lipinski definition) is 4. The van der Waals surface area contributed by atoms with Crippen LogP contribution < -0.4 is 10.2 Å². The van der Waals surface area contributed by atoms with Gasteiger partial charge in [-0.15, -0.1) is 0 Å². The van der Waals surface area contributed by atoms with Crippen LogP contribution in [0.2, 0.25) is 5.02 Å². The molecule has 23 heavy (non-hydrogen) atoms. The van der Waals surface area contributed by atoms with Gasteiger partial charge in [-0.25, -0.2) is 0 Å². The van der Waals surface area contributed by atoms with E-state index in [1.54, 1.807) is 6.07 Å². The molecule has 2 fully saturated rings. The molecule has 5 nitrogen and oxygen atoms in total. The monoisotopic (exact) mass is 333 g/mol. The minimum Gasteiger partial charge on any atom is -0.423 e. The number of nitrogens with zero attached hydrogens (tertiary/aromatic N) is 2. The van der Waals surface area contributed by atoms with Crippen molar-refractivity contribution in [2.45, 2.75) is 38.1 Å². The summed E-state index contributed by atoms with van der Waals surface area (Å²) in [4.78, 5) is 18.9. The predicted molar refractivity (Wildman–Crippen MR) is 89.7 cm³/mol. The average molecular weight is 334 g/mol. The van der Waals surface area contributed by atoms with E-state index in [4.69, 9.17) is 16.0 Å². The molecule has 0 bridgehead atoms. The minimum atomic E-state index is 0.116. The Kier molecular flexibility index (Phi) is 3.89. The maximum atomic E-state index is 12.2. The van der Waals surface area contributed by atoms with Gasteiger partial charge in [-0.1, -0.05) is 11.6 Å². The maximum Gasteiger partial charge on any atom is 0.298 e. The van der Waals surface area contributed by atoms with Crippen LogP contribution in [0.3, 0.4) is 0 Å². The Labute approximate surface area is 140 Å². The smallest absolute Gasteiger partial charge is 0.298 e. The van der Waals surface area contributed by atoms with Crippen LogP contribution in [0.15, 0.2) is 22.6 Å². The fourth-order valence-corrected chi connectivity index (χ4v) is 3.39. The van der Waals surface area contributed by atoms with E-state index in [1.807, 2.05) is 12.1 Å². The predicted octanol–water partition coefficient (Wildman–Crippen LogP) is 3.37. The molecule has 1 aromatic carbocycles. The van der Waals surface area contributed by atoms with Crippen LogP contribution in [-0.2, 0) is 4.79 Å². The summed E-state index contributed by atoms with van der Waals surface area (Å²) in [6.07, 6.45) is 5.20. The normalized spacial score (nSPS) is 19.8. The fraction of sp³-hybridized carbons (Fsp3) is 0.529. The number of benzene rings is 1. The number of carbonyl (C=O) groups is 1. The van der Waals surface area contributed by atoms with Crippen LogP contribution in [0.4, 0.5) is 6.01 Å². The van der Waals surface area contributed by atoms with E-state index >= 15 is 0 Å². The topological polar surface area (TPSA) is 58.4 Å². The molecule has 2 heterocycles. The third kappa shape index (κ3) is 3.02. The van der Waals surface area contributed by atoms with Gasteiger partial charge in [-0.3, -0.25) is 4.79 Å². The molecule has 0 atom stereocenters. The Morgan fingerprint density at radius 1 is 1.26 bits per heavy atom. The Hall–Kier alpha value is -1.75. The van der Waals surface area contributed by atoms with Crippen LogP contribution in [0, 0.1) is 5.92 Å². The highest BCUT2D eigenvalue weighted by atomic mass is 35.5. The van der Waals surface area contributed by atoms with Crippen LogP contribution in [0.1, 0.15) is 32.1 Å². The molecule has 0 spiro atoms. The first-order valence-corrected chi connectivity index (χ1v) is 8.68. The molecule has 1 aliphatic carbocycles. The first kappa shape index (κ1) is 14.8. The summed E-state index contributed by atoms with van der Waals surface area (Å²) >= 11 is 5.99. The van der Waals surface area contributed by atoms with Crippen molar-refractivity contribution in [2.75, 3.05) is 18.0 Å². The van der Waals surface area contributed by atoms with Gasteiger partial charge < -0.3 is 14.6 Å². The highest BCUT2D eigenvalue weighted by Gasteiger charge is 2.29. The SMILES string of the molecule is O=C(NC1CCC1)C1CCN(c2nc3cc(Cl)ccc3o2)CC1. The van der Waals surface area contributed by atoms with Gasteiger partial charge in [0.2, 0.25) is 5.91 Å². The lowest BCUT2D eigenvalue weighted by Crippen LogP contribution is -2.46. The van der Waals surface area contributed by atoms with Crippen molar-refractivity contribution >= 4 is 34.6 Å². The van der Waals surface area contributed by atoms with Gasteiger partial charge in [0, 0.05) is 30.1 Å². The fourth-order valence-electron chi connectivity index (χ4n) is 3.23. The number of nitrogens with one attached hydrogen (secondary N) is 1. The molecule has 1 N–H and O–H groups in total. The van der Waals surface area contributed by atoms with Crippen LogP contribution >= 0.6 is 11.6 Å². The number of halogens is 1. The zero-order chi connectivity index (χ0) is 15.8. The zero-order valence-corrected chi connectivity index (χ0v) is 13.7. The Balaban J connectivity index is 1.39. The molecular formula is C17H20ClN3O2. The number of oxazole rings is 1. The van der Waals surface area contributed by atoms with Gasteiger partial charge in [-0.05, 0) is 50.3 Å². The molecule has 1 saturated heterocycles. The number of aromatic nitrogens is 1. The molecule has 2 aliphatic rings. The van der Waals surface area contributed by atoms with Gasteiger partial charge in [-0.2, -0.15) is 4.98 Å². The second-order valence-corrected chi connectivity index (χ2v) is 6.94. The van der Waals surface area contributed by atoms with E-state index < -0.39 is 0 Å². The lowest BCUT2D eigenvalue weighted by Gasteiger charge is -2.33. The van der Waals surface area contributed by atoms with Gasteiger partial charge in [0.1, 0.15) is 5.52 Å². The van der Waals surface area contributed by atoms with Crippen molar-refractivity contribution in [1.82, 2.24) is 10.3 Å². The largest absolute Gasteiger partial charge is 0.423 e. The highest BCUT2D eigenvalue weighted by molar-refractivity contribution is 6.31. The molecule has 0 unspecified atom stereocenters. The maximum absolute atomic E-state index is 12.2. The van der Waals surface area contributed by atoms with Gasteiger partial charge in [0.25, 0.3) is 6.01 Å². The summed E-state index contributed by atoms with van der Waals surface area (Å²) in [5.74, 6) is 0.337. The number of piperidine rings is 1. The lowest BCUT2D eigenvalue weighted by molar-refractivity contribution is -0.126. The second kappa shape index (κ2) is 6.04. The van der Waals surface area contributed by atoms with Crippen molar-refractivity contribution in [3.63, 3.8) is 0 Å². The van der Waals surface area contributed by atoms with E-state index in [-0.39, 0.29) is 11.8 Å². The molecule has 1 aromatic heterocycles.